The Morgan fingerprint density at radius 3 is 2.81 bits per heavy atom. The summed E-state index contributed by atoms with van der Waals surface area (Å²) in [5, 5.41) is 0.387. The summed E-state index contributed by atoms with van der Waals surface area (Å²) in [5.74, 6) is -0.342. The van der Waals surface area contributed by atoms with Gasteiger partial charge in [0.15, 0.2) is 0 Å². The minimum absolute atomic E-state index is 0.0704. The lowest BCUT2D eigenvalue weighted by atomic mass is 10.2. The van der Waals surface area contributed by atoms with E-state index in [1.54, 1.807) is 12.1 Å². The first-order valence-corrected chi connectivity index (χ1v) is 6.66. The van der Waals surface area contributed by atoms with E-state index in [1.165, 1.54) is 24.2 Å². The van der Waals surface area contributed by atoms with Crippen molar-refractivity contribution in [2.75, 3.05) is 7.05 Å². The first kappa shape index (κ1) is 15.7. The van der Waals surface area contributed by atoms with Crippen LogP contribution < -0.4 is 0 Å². The molecule has 0 fully saturated rings. The molecule has 0 aliphatic heterocycles. The normalized spacial score (nSPS) is 11.0. The highest BCUT2D eigenvalue weighted by Gasteiger charge is 2.19. The van der Waals surface area contributed by atoms with E-state index in [0.717, 1.165) is 6.20 Å². The van der Waals surface area contributed by atoms with Crippen molar-refractivity contribution < 1.29 is 13.6 Å². The Bertz CT molecular complexity index is 661. The van der Waals surface area contributed by atoms with E-state index >= 15 is 0 Å². The van der Waals surface area contributed by atoms with Gasteiger partial charge < -0.3 is 4.90 Å². The maximum atomic E-state index is 12.7. The second-order valence-corrected chi connectivity index (χ2v) is 5.08. The van der Waals surface area contributed by atoms with Gasteiger partial charge in [-0.2, -0.15) is 8.78 Å². The Kier molecular flexibility index (Phi) is 4.80. The molecule has 4 nitrogen and oxygen atoms in total. The summed E-state index contributed by atoms with van der Waals surface area (Å²) < 4.78 is 26.2. The van der Waals surface area contributed by atoms with Gasteiger partial charge in [0, 0.05) is 19.4 Å². The van der Waals surface area contributed by atoms with Gasteiger partial charge in [0.05, 0.1) is 22.2 Å². The summed E-state index contributed by atoms with van der Waals surface area (Å²) in [4.78, 5) is 17.4. The molecule has 0 N–H and O–H groups in total. The molecule has 1 amide bonds. The number of nitrogens with zero attached hydrogens (tertiary/aromatic N) is 3. The van der Waals surface area contributed by atoms with E-state index in [-0.39, 0.29) is 28.0 Å². The van der Waals surface area contributed by atoms with E-state index < -0.39 is 12.5 Å². The molecule has 1 aromatic heterocycles. The molecule has 112 valence electrons. The average molecular weight is 334 g/mol. The maximum absolute atomic E-state index is 12.7. The molecular weight excluding hydrogens is 323 g/mol. The molecule has 0 saturated carbocycles. The molecule has 8 heteroatoms. The summed E-state index contributed by atoms with van der Waals surface area (Å²) in [6, 6.07) is 4.67. The highest BCUT2D eigenvalue weighted by Crippen LogP contribution is 2.26. The number of aromatic nitrogens is 2. The van der Waals surface area contributed by atoms with Crippen molar-refractivity contribution in [3.05, 3.63) is 52.0 Å². The quantitative estimate of drug-likeness (QED) is 0.852. The van der Waals surface area contributed by atoms with Gasteiger partial charge in [-0.1, -0.05) is 29.3 Å². The number of imidazole rings is 1. The van der Waals surface area contributed by atoms with E-state index in [0.29, 0.717) is 4.57 Å². The van der Waals surface area contributed by atoms with E-state index in [4.69, 9.17) is 23.2 Å². The molecule has 0 atom stereocenters. The summed E-state index contributed by atoms with van der Waals surface area (Å²) >= 11 is 11.8. The molecule has 21 heavy (non-hydrogen) atoms. The zero-order chi connectivity index (χ0) is 15.6. The Hall–Kier alpha value is -1.66. The van der Waals surface area contributed by atoms with Crippen molar-refractivity contribution in [2.45, 2.75) is 13.1 Å². The Labute approximate surface area is 129 Å². The van der Waals surface area contributed by atoms with Gasteiger partial charge in [-0.3, -0.25) is 9.36 Å². The minimum Gasteiger partial charge on any atom is -0.334 e. The molecule has 2 rings (SSSR count). The third-order valence-corrected chi connectivity index (χ3v) is 3.69. The van der Waals surface area contributed by atoms with Crippen LogP contribution in [0.3, 0.4) is 0 Å². The van der Waals surface area contributed by atoms with Crippen molar-refractivity contribution in [1.29, 1.82) is 0 Å². The maximum Gasteiger partial charge on any atom is 0.319 e. The Morgan fingerprint density at radius 2 is 2.14 bits per heavy atom. The molecule has 0 aliphatic rings. The number of halogens is 4. The van der Waals surface area contributed by atoms with Crippen molar-refractivity contribution in [1.82, 2.24) is 14.5 Å². The lowest BCUT2D eigenvalue weighted by Gasteiger charge is -2.18. The van der Waals surface area contributed by atoms with Crippen LogP contribution in [-0.2, 0) is 6.54 Å². The van der Waals surface area contributed by atoms with Crippen LogP contribution in [0, 0.1) is 0 Å². The van der Waals surface area contributed by atoms with Gasteiger partial charge in [0.2, 0.25) is 0 Å². The fraction of sp³-hybridized carbons (Fsp3) is 0.231. The smallest absolute Gasteiger partial charge is 0.319 e. The van der Waals surface area contributed by atoms with Crippen molar-refractivity contribution in [3.8, 4) is 0 Å². The van der Waals surface area contributed by atoms with Crippen LogP contribution in [-0.4, -0.2) is 27.4 Å². The number of carbonyl (C=O) groups is 1. The number of amides is 1. The van der Waals surface area contributed by atoms with Gasteiger partial charge in [-0.05, 0) is 12.1 Å². The first-order valence-electron chi connectivity index (χ1n) is 5.91. The minimum atomic E-state index is -2.71. The SMILES string of the molecule is CN(Cc1nccn1C(F)F)C(=O)c1cccc(Cl)c1Cl. The molecule has 0 unspecified atom stereocenters. The molecular formula is C13H11Cl2F2N3O. The van der Waals surface area contributed by atoms with E-state index in [2.05, 4.69) is 4.98 Å². The molecule has 0 saturated heterocycles. The fourth-order valence-electron chi connectivity index (χ4n) is 1.80. The van der Waals surface area contributed by atoms with Crippen LogP contribution in [0.2, 0.25) is 10.0 Å². The van der Waals surface area contributed by atoms with E-state index in [9.17, 15) is 13.6 Å². The topological polar surface area (TPSA) is 38.1 Å². The summed E-state index contributed by atoms with van der Waals surface area (Å²) in [5.41, 5.74) is 0.210. The molecule has 0 aliphatic carbocycles. The Morgan fingerprint density at radius 1 is 1.43 bits per heavy atom. The van der Waals surface area contributed by atoms with Crippen LogP contribution in [0.25, 0.3) is 0 Å². The third kappa shape index (κ3) is 3.33. The summed E-state index contributed by atoms with van der Waals surface area (Å²) in [7, 11) is 1.48. The number of alkyl halides is 2. The van der Waals surface area contributed by atoms with Gasteiger partial charge in [-0.15, -0.1) is 0 Å². The van der Waals surface area contributed by atoms with Crippen LogP contribution in [0.1, 0.15) is 22.7 Å². The van der Waals surface area contributed by atoms with Gasteiger partial charge in [-0.25, -0.2) is 4.98 Å². The predicted molar refractivity (Wildman–Crippen MR) is 75.7 cm³/mol. The molecule has 1 heterocycles. The van der Waals surface area contributed by atoms with Crippen LogP contribution in [0.15, 0.2) is 30.6 Å². The van der Waals surface area contributed by atoms with E-state index in [1.807, 2.05) is 0 Å². The lowest BCUT2D eigenvalue weighted by Crippen LogP contribution is -2.28. The Balaban J connectivity index is 2.20. The lowest BCUT2D eigenvalue weighted by molar-refractivity contribution is 0.0612. The van der Waals surface area contributed by atoms with Crippen LogP contribution in [0.5, 0.6) is 0 Å². The van der Waals surface area contributed by atoms with Crippen LogP contribution in [0.4, 0.5) is 8.78 Å². The number of hydrogen-bond donors (Lipinski definition) is 0. The number of benzene rings is 1. The van der Waals surface area contributed by atoms with Crippen molar-refractivity contribution in [3.63, 3.8) is 0 Å². The van der Waals surface area contributed by atoms with Gasteiger partial charge in [0.25, 0.3) is 5.91 Å². The first-order chi connectivity index (χ1) is 9.91. The monoisotopic (exact) mass is 333 g/mol. The number of rotatable bonds is 4. The molecule has 0 spiro atoms. The standard InChI is InChI=1S/C13H11Cl2F2N3O/c1-19(7-10-18-5-6-20(10)13(16)17)12(21)8-3-2-4-9(14)11(8)15/h2-6,13H,7H2,1H3. The highest BCUT2D eigenvalue weighted by atomic mass is 35.5. The molecule has 2 aromatic rings. The second kappa shape index (κ2) is 6.41. The second-order valence-electron chi connectivity index (χ2n) is 4.29. The zero-order valence-corrected chi connectivity index (χ0v) is 12.4. The predicted octanol–water partition coefficient (Wildman–Crippen LogP) is 3.86. The van der Waals surface area contributed by atoms with Crippen molar-refractivity contribution in [2.24, 2.45) is 0 Å². The number of carbonyl (C=O) groups excluding carboxylic acids is 1. The highest BCUT2D eigenvalue weighted by molar-refractivity contribution is 6.43. The number of hydrogen-bond acceptors (Lipinski definition) is 2. The fourth-order valence-corrected chi connectivity index (χ4v) is 2.18. The molecule has 0 radical (unpaired) electrons. The molecule has 1 aromatic carbocycles. The zero-order valence-electron chi connectivity index (χ0n) is 10.9. The summed E-state index contributed by atoms with van der Waals surface area (Å²) in [6.45, 7) is -2.78. The van der Waals surface area contributed by atoms with Gasteiger partial charge in [0.1, 0.15) is 5.82 Å². The molecule has 0 bridgehead atoms. The largest absolute Gasteiger partial charge is 0.334 e. The summed E-state index contributed by atoms with van der Waals surface area (Å²) in [6.07, 6.45) is 2.41. The third-order valence-electron chi connectivity index (χ3n) is 2.87. The van der Waals surface area contributed by atoms with Gasteiger partial charge >= 0.3 is 6.55 Å². The average Bonchev–Trinajstić information content (AvgIpc) is 2.89. The van der Waals surface area contributed by atoms with Crippen LogP contribution >= 0.6 is 23.2 Å². The van der Waals surface area contributed by atoms with Crippen molar-refractivity contribution >= 4 is 29.1 Å².